The quantitative estimate of drug-likeness (QED) is 0.524. The van der Waals surface area contributed by atoms with Gasteiger partial charge < -0.3 is 18.6 Å². The van der Waals surface area contributed by atoms with Crippen molar-refractivity contribution < 1.29 is 18.6 Å². The maximum atomic E-state index is 6.44. The summed E-state index contributed by atoms with van der Waals surface area (Å²) in [6.07, 6.45) is 2.42. The molecule has 1 fully saturated rings. The molecular formula is C24H25ClN2O4. The van der Waals surface area contributed by atoms with Gasteiger partial charge in [-0.1, -0.05) is 41.9 Å². The summed E-state index contributed by atoms with van der Waals surface area (Å²) in [6, 6.07) is 13.9. The Balaban J connectivity index is 1.25. The Morgan fingerprint density at radius 1 is 1.16 bits per heavy atom. The van der Waals surface area contributed by atoms with Crippen LogP contribution in [0.3, 0.4) is 0 Å². The van der Waals surface area contributed by atoms with Crippen molar-refractivity contribution in [3.05, 3.63) is 64.5 Å². The number of aryl methyl sites for hydroxylation is 1. The van der Waals surface area contributed by atoms with Gasteiger partial charge in [-0.15, -0.1) is 0 Å². The highest BCUT2D eigenvalue weighted by atomic mass is 35.5. The smallest absolute Gasteiger partial charge is 0.231 e. The molecule has 6 nitrogen and oxygen atoms in total. The molecular weight excluding hydrogens is 416 g/mol. The molecule has 2 aliphatic rings. The number of nitrogens with zero attached hydrogens (tertiary/aromatic N) is 2. The average molecular weight is 441 g/mol. The first-order valence-corrected chi connectivity index (χ1v) is 11.0. The fourth-order valence-electron chi connectivity index (χ4n) is 4.06. The van der Waals surface area contributed by atoms with Crippen LogP contribution in [0, 0.1) is 6.92 Å². The fraction of sp³-hybridized carbons (Fsp3) is 0.375. The molecule has 5 rings (SSSR count). The van der Waals surface area contributed by atoms with E-state index < -0.39 is 0 Å². The van der Waals surface area contributed by atoms with Gasteiger partial charge in [0.1, 0.15) is 5.76 Å². The number of benzene rings is 2. The zero-order valence-corrected chi connectivity index (χ0v) is 18.2. The minimum Gasteiger partial charge on any atom is -0.454 e. The Labute approximate surface area is 186 Å². The first kappa shape index (κ1) is 20.4. The van der Waals surface area contributed by atoms with Crippen molar-refractivity contribution >= 4 is 11.6 Å². The molecule has 0 amide bonds. The molecule has 162 valence electrons. The monoisotopic (exact) mass is 440 g/mol. The number of hydrogen-bond acceptors (Lipinski definition) is 6. The molecule has 0 bridgehead atoms. The van der Waals surface area contributed by atoms with Gasteiger partial charge in [-0.05, 0) is 37.9 Å². The van der Waals surface area contributed by atoms with Crippen molar-refractivity contribution in [2.45, 2.75) is 39.0 Å². The molecule has 1 atom stereocenters. The number of ether oxygens (including phenoxy) is 3. The van der Waals surface area contributed by atoms with Crippen LogP contribution in [-0.4, -0.2) is 35.9 Å². The second-order valence-electron chi connectivity index (χ2n) is 8.00. The third-order valence-electron chi connectivity index (χ3n) is 5.75. The zero-order chi connectivity index (χ0) is 21.2. The van der Waals surface area contributed by atoms with Gasteiger partial charge in [-0.2, -0.15) is 0 Å². The molecule has 3 aromatic rings. The summed E-state index contributed by atoms with van der Waals surface area (Å²) in [4.78, 5) is 7.13. The van der Waals surface area contributed by atoms with Crippen LogP contribution in [0.15, 0.2) is 46.9 Å². The molecule has 0 spiro atoms. The lowest BCUT2D eigenvalue weighted by molar-refractivity contribution is -0.0123. The maximum Gasteiger partial charge on any atom is 0.231 e. The standard InChI is InChI=1S/C24H25ClN2O4/c1-16-21(26-24(31-16)19-10-22-23(11-20(19)25)30-15-29-22)13-27-9-5-8-18(12-27)28-14-17-6-3-2-4-7-17/h2-4,6-7,10-11,18H,5,8-9,12-15H2,1H3. The van der Waals surface area contributed by atoms with Crippen molar-refractivity contribution in [2.24, 2.45) is 0 Å². The van der Waals surface area contributed by atoms with E-state index in [0.29, 0.717) is 34.6 Å². The lowest BCUT2D eigenvalue weighted by Crippen LogP contribution is -2.39. The van der Waals surface area contributed by atoms with Crippen LogP contribution < -0.4 is 9.47 Å². The van der Waals surface area contributed by atoms with Gasteiger partial charge in [0.15, 0.2) is 11.5 Å². The summed E-state index contributed by atoms with van der Waals surface area (Å²) in [5.41, 5.74) is 2.84. The molecule has 0 saturated carbocycles. The minimum atomic E-state index is 0.202. The van der Waals surface area contributed by atoms with Crippen molar-refractivity contribution in [1.29, 1.82) is 0 Å². The van der Waals surface area contributed by atoms with Crippen molar-refractivity contribution in [1.82, 2.24) is 9.88 Å². The summed E-state index contributed by atoms with van der Waals surface area (Å²) >= 11 is 6.44. The van der Waals surface area contributed by atoms with E-state index in [2.05, 4.69) is 17.0 Å². The van der Waals surface area contributed by atoms with E-state index >= 15 is 0 Å². The average Bonchev–Trinajstić information content (AvgIpc) is 3.38. The van der Waals surface area contributed by atoms with E-state index in [4.69, 9.17) is 35.2 Å². The summed E-state index contributed by atoms with van der Waals surface area (Å²) in [5, 5.41) is 0.532. The lowest BCUT2D eigenvalue weighted by atomic mass is 10.1. The van der Waals surface area contributed by atoms with Crippen molar-refractivity contribution in [3.8, 4) is 23.0 Å². The molecule has 0 N–H and O–H groups in total. The van der Waals surface area contributed by atoms with Gasteiger partial charge in [0.25, 0.3) is 0 Å². The number of likely N-dealkylation sites (tertiary alicyclic amines) is 1. The maximum absolute atomic E-state index is 6.44. The fourth-order valence-corrected chi connectivity index (χ4v) is 4.30. The number of fused-ring (bicyclic) bond motifs is 1. The van der Waals surface area contributed by atoms with Crippen LogP contribution in [0.4, 0.5) is 0 Å². The Bertz CT molecular complexity index is 1050. The minimum absolute atomic E-state index is 0.202. The number of oxazole rings is 1. The molecule has 1 saturated heterocycles. The largest absolute Gasteiger partial charge is 0.454 e. The van der Waals surface area contributed by atoms with Crippen molar-refractivity contribution in [3.63, 3.8) is 0 Å². The number of rotatable bonds is 6. The number of piperidine rings is 1. The summed E-state index contributed by atoms with van der Waals surface area (Å²) in [7, 11) is 0. The second-order valence-corrected chi connectivity index (χ2v) is 8.41. The van der Waals surface area contributed by atoms with Crippen LogP contribution in [0.5, 0.6) is 11.5 Å². The molecule has 31 heavy (non-hydrogen) atoms. The Morgan fingerprint density at radius 3 is 2.81 bits per heavy atom. The first-order chi connectivity index (χ1) is 15.2. The predicted molar refractivity (Wildman–Crippen MR) is 117 cm³/mol. The van der Waals surface area contributed by atoms with E-state index in [-0.39, 0.29) is 12.9 Å². The van der Waals surface area contributed by atoms with Gasteiger partial charge in [0.2, 0.25) is 12.7 Å². The molecule has 3 heterocycles. The number of hydrogen-bond donors (Lipinski definition) is 0. The third kappa shape index (κ3) is 4.56. The molecule has 2 aliphatic heterocycles. The van der Waals surface area contributed by atoms with Gasteiger partial charge in [0, 0.05) is 19.2 Å². The molecule has 1 unspecified atom stereocenters. The summed E-state index contributed by atoms with van der Waals surface area (Å²) < 4.78 is 23.0. The second kappa shape index (κ2) is 8.91. The molecule has 0 radical (unpaired) electrons. The lowest BCUT2D eigenvalue weighted by Gasteiger charge is -2.32. The SMILES string of the molecule is Cc1oc(-c2cc3c(cc2Cl)OCO3)nc1CN1CCCC(OCc2ccccc2)C1. The van der Waals surface area contributed by atoms with Crippen LogP contribution in [0.25, 0.3) is 11.5 Å². The predicted octanol–water partition coefficient (Wildman–Crippen LogP) is 5.21. The van der Waals surface area contributed by atoms with Crippen LogP contribution >= 0.6 is 11.6 Å². The molecule has 7 heteroatoms. The van der Waals surface area contributed by atoms with Crippen LogP contribution in [0.1, 0.15) is 29.9 Å². The Hall–Kier alpha value is -2.54. The molecule has 1 aromatic heterocycles. The van der Waals surface area contributed by atoms with Gasteiger partial charge in [-0.3, -0.25) is 4.90 Å². The van der Waals surface area contributed by atoms with Crippen LogP contribution in [0.2, 0.25) is 5.02 Å². The van der Waals surface area contributed by atoms with E-state index in [1.165, 1.54) is 5.56 Å². The molecule has 0 aliphatic carbocycles. The molecule has 2 aromatic carbocycles. The van der Waals surface area contributed by atoms with E-state index in [9.17, 15) is 0 Å². The third-order valence-corrected chi connectivity index (χ3v) is 6.06. The normalized spacial score (nSPS) is 18.5. The Morgan fingerprint density at radius 2 is 1.97 bits per heavy atom. The van der Waals surface area contributed by atoms with E-state index in [1.807, 2.05) is 31.2 Å². The number of halogens is 1. The highest BCUT2D eigenvalue weighted by Gasteiger charge is 2.24. The van der Waals surface area contributed by atoms with E-state index in [0.717, 1.165) is 43.9 Å². The van der Waals surface area contributed by atoms with Gasteiger partial charge in [-0.25, -0.2) is 4.98 Å². The van der Waals surface area contributed by atoms with E-state index in [1.54, 1.807) is 6.07 Å². The Kier molecular flexibility index (Phi) is 5.85. The topological polar surface area (TPSA) is 57.0 Å². The van der Waals surface area contributed by atoms with Gasteiger partial charge >= 0.3 is 0 Å². The first-order valence-electron chi connectivity index (χ1n) is 10.6. The van der Waals surface area contributed by atoms with Crippen LogP contribution in [-0.2, 0) is 17.9 Å². The highest BCUT2D eigenvalue weighted by molar-refractivity contribution is 6.33. The zero-order valence-electron chi connectivity index (χ0n) is 17.5. The highest BCUT2D eigenvalue weighted by Crippen LogP contribution is 2.41. The van der Waals surface area contributed by atoms with Crippen molar-refractivity contribution in [2.75, 3.05) is 19.9 Å². The summed E-state index contributed by atoms with van der Waals surface area (Å²) in [5.74, 6) is 2.61. The number of aromatic nitrogens is 1. The summed E-state index contributed by atoms with van der Waals surface area (Å²) in [6.45, 7) is 5.43. The van der Waals surface area contributed by atoms with Gasteiger partial charge in [0.05, 0.1) is 29.0 Å².